The molecule has 0 spiro atoms. The summed E-state index contributed by atoms with van der Waals surface area (Å²) in [7, 11) is 0. The van der Waals surface area contributed by atoms with Gasteiger partial charge in [-0.2, -0.15) is 0 Å². The lowest BCUT2D eigenvalue weighted by Gasteiger charge is -1.90. The van der Waals surface area contributed by atoms with E-state index in [1.165, 1.54) is 24.3 Å². The van der Waals surface area contributed by atoms with Crippen LogP contribution in [-0.2, 0) is 0 Å². The molecule has 0 aliphatic rings. The van der Waals surface area contributed by atoms with Crippen molar-refractivity contribution in [3.05, 3.63) is 104 Å². The Morgan fingerprint density at radius 1 is 0.786 bits per heavy atom. The first-order valence-corrected chi connectivity index (χ1v) is 9.19. The molecule has 0 radical (unpaired) electrons. The molecular weight excluding hydrogens is 455 g/mol. The van der Waals surface area contributed by atoms with Crippen molar-refractivity contribution in [3.8, 4) is 24.2 Å². The third-order valence-corrected chi connectivity index (χ3v) is 3.81. The molecule has 1 N–H and O–H groups in total. The van der Waals surface area contributed by atoms with E-state index in [0.29, 0.717) is 27.8 Å². The summed E-state index contributed by atoms with van der Waals surface area (Å²) in [6.45, 7) is -6.26. The van der Waals surface area contributed by atoms with Crippen molar-refractivity contribution in [2.24, 2.45) is 0 Å². The first-order valence-electron chi connectivity index (χ1n) is 12.6. The molecule has 2 heteroatoms. The van der Waals surface area contributed by atoms with Crippen LogP contribution in [0.2, 0.25) is 0 Å². The van der Waals surface area contributed by atoms with E-state index in [0.717, 1.165) is 3.57 Å². The number of hydrogen-bond donors (Lipinski definition) is 1. The standard InChI is InChI=1S/C10H10O.C9H8.C7H7I/c1-9-4-6-10(7-5-9)3-2-8-11;1-3-9-6-4-8(2)5-7-9;1-6-2-4-7(8)5-3-6/h4-7,11H,8H2,1H3;1,4-7H,2H3;2-5H,1H3/i1D3;2D3;1D3. The third kappa shape index (κ3) is 10.6. The molecule has 3 aromatic rings. The number of aliphatic hydroxyl groups excluding tert-OH is 1. The second kappa shape index (κ2) is 13.6. The molecule has 0 saturated carbocycles. The maximum absolute atomic E-state index is 8.45. The monoisotopic (exact) mass is 489 g/mol. The predicted octanol–water partition coefficient (Wildman–Crippen LogP) is 5.91. The van der Waals surface area contributed by atoms with Crippen molar-refractivity contribution in [1.82, 2.24) is 0 Å². The summed E-state index contributed by atoms with van der Waals surface area (Å²) in [5, 5.41) is 8.45. The molecule has 0 unspecified atom stereocenters. The third-order valence-electron chi connectivity index (χ3n) is 3.09. The Morgan fingerprint density at radius 3 is 1.61 bits per heavy atom. The Hall–Kier alpha value is -2.53. The summed E-state index contributed by atoms with van der Waals surface area (Å²) in [5.74, 6) is 7.60. The average molecular weight is 489 g/mol. The lowest BCUT2D eigenvalue weighted by molar-refractivity contribution is 0.350. The minimum Gasteiger partial charge on any atom is -0.384 e. The van der Waals surface area contributed by atoms with Crippen molar-refractivity contribution in [3.63, 3.8) is 0 Å². The molecule has 1 nitrogen and oxygen atoms in total. The average Bonchev–Trinajstić information content (AvgIpc) is 2.82. The molecule has 3 aromatic carbocycles. The van der Waals surface area contributed by atoms with Gasteiger partial charge < -0.3 is 5.11 Å². The fourth-order valence-corrected chi connectivity index (χ4v) is 2.07. The molecule has 0 aromatic heterocycles. The SMILES string of the molecule is [2H]C([2H])([2H])c1ccc(C#C)cc1.[2H]C([2H])([2H])c1ccc(C#CCO)cc1.[2H]C([2H])([2H])c1ccc(I)cc1. The molecule has 3 rings (SSSR count). The van der Waals surface area contributed by atoms with Gasteiger partial charge in [-0.05, 0) is 79.5 Å². The van der Waals surface area contributed by atoms with Gasteiger partial charge in [0.15, 0.2) is 0 Å². The first-order chi connectivity index (χ1) is 17.1. The normalized spacial score (nSPS) is 14.8. The molecule has 0 bridgehead atoms. The van der Waals surface area contributed by atoms with E-state index in [1.807, 2.05) is 0 Å². The Kier molecular flexibility index (Phi) is 6.24. The van der Waals surface area contributed by atoms with Crippen molar-refractivity contribution < 1.29 is 17.4 Å². The topological polar surface area (TPSA) is 20.2 Å². The zero-order chi connectivity index (χ0) is 28.3. The quantitative estimate of drug-likeness (QED) is 0.307. The van der Waals surface area contributed by atoms with Gasteiger partial charge in [-0.15, -0.1) is 6.42 Å². The van der Waals surface area contributed by atoms with E-state index in [9.17, 15) is 0 Å². The Bertz CT molecular complexity index is 1210. The summed E-state index contributed by atoms with van der Waals surface area (Å²) in [5.41, 5.74) is 2.42. The van der Waals surface area contributed by atoms with Crippen LogP contribution in [0.15, 0.2) is 72.8 Å². The molecule has 0 saturated heterocycles. The second-order valence-corrected chi connectivity index (χ2v) is 6.51. The zero-order valence-electron chi connectivity index (χ0n) is 24.0. The van der Waals surface area contributed by atoms with Crippen LogP contribution < -0.4 is 0 Å². The molecule has 28 heavy (non-hydrogen) atoms. The van der Waals surface area contributed by atoms with E-state index >= 15 is 0 Å². The maximum Gasteiger partial charge on any atom is 0.104 e. The van der Waals surface area contributed by atoms with E-state index in [2.05, 4.69) is 40.4 Å². The van der Waals surface area contributed by atoms with Gasteiger partial charge in [0.1, 0.15) is 6.61 Å². The van der Waals surface area contributed by atoms with Crippen LogP contribution in [0.25, 0.3) is 0 Å². The van der Waals surface area contributed by atoms with E-state index in [-0.39, 0.29) is 6.61 Å². The number of hydrogen-bond acceptors (Lipinski definition) is 1. The fourth-order valence-electron chi connectivity index (χ4n) is 1.71. The second-order valence-electron chi connectivity index (χ2n) is 5.27. The minimum atomic E-state index is -2.07. The van der Waals surface area contributed by atoms with Gasteiger partial charge in [-0.25, -0.2) is 0 Å². The van der Waals surface area contributed by atoms with Gasteiger partial charge in [0, 0.05) is 27.0 Å². The molecule has 0 atom stereocenters. The number of terminal acetylenes is 1. The highest BCUT2D eigenvalue weighted by molar-refractivity contribution is 14.1. The van der Waals surface area contributed by atoms with Crippen LogP contribution in [0.4, 0.5) is 0 Å². The molecule has 0 aliphatic heterocycles. The van der Waals surface area contributed by atoms with Crippen LogP contribution in [-0.4, -0.2) is 11.7 Å². The highest BCUT2D eigenvalue weighted by atomic mass is 127. The van der Waals surface area contributed by atoms with E-state index in [4.69, 9.17) is 23.9 Å². The van der Waals surface area contributed by atoms with Gasteiger partial charge in [0.2, 0.25) is 0 Å². The smallest absolute Gasteiger partial charge is 0.104 e. The van der Waals surface area contributed by atoms with Gasteiger partial charge >= 0.3 is 0 Å². The molecule has 0 aliphatic carbocycles. The van der Waals surface area contributed by atoms with Crippen LogP contribution in [0, 0.1) is 48.3 Å². The summed E-state index contributed by atoms with van der Waals surface area (Å²) in [6, 6.07) is 19.5. The molecule has 0 heterocycles. The van der Waals surface area contributed by atoms with Gasteiger partial charge in [-0.3, -0.25) is 0 Å². The fraction of sp³-hybridized carbons (Fsp3) is 0.154. The molecule has 0 amide bonds. The lowest BCUT2D eigenvalue weighted by atomic mass is 10.2. The summed E-state index contributed by atoms with van der Waals surface area (Å²) >= 11 is 2.14. The van der Waals surface area contributed by atoms with Crippen molar-refractivity contribution >= 4 is 22.6 Å². The Labute approximate surface area is 195 Å². The van der Waals surface area contributed by atoms with E-state index < -0.39 is 20.6 Å². The van der Waals surface area contributed by atoms with Crippen LogP contribution in [0.3, 0.4) is 0 Å². The maximum atomic E-state index is 8.45. The summed E-state index contributed by atoms with van der Waals surface area (Å²) < 4.78 is 64.9. The van der Waals surface area contributed by atoms with Gasteiger partial charge in [-0.1, -0.05) is 70.8 Å². The van der Waals surface area contributed by atoms with Crippen molar-refractivity contribution in [2.75, 3.05) is 6.61 Å². The van der Waals surface area contributed by atoms with Crippen molar-refractivity contribution in [1.29, 1.82) is 0 Å². The van der Waals surface area contributed by atoms with Crippen LogP contribution >= 0.6 is 22.6 Å². The Balaban J connectivity index is 0.000000280. The first kappa shape index (κ1) is 12.8. The minimum absolute atomic E-state index is 0.193. The number of benzene rings is 3. The molecular formula is C26H25IO. The largest absolute Gasteiger partial charge is 0.384 e. The van der Waals surface area contributed by atoms with E-state index in [1.54, 1.807) is 48.5 Å². The number of rotatable bonds is 0. The van der Waals surface area contributed by atoms with Crippen LogP contribution in [0.1, 0.15) is 40.2 Å². The number of halogens is 1. The van der Waals surface area contributed by atoms with Crippen LogP contribution in [0.5, 0.6) is 0 Å². The molecule has 142 valence electrons. The zero-order valence-corrected chi connectivity index (χ0v) is 17.2. The number of aryl methyl sites for hydroxylation is 3. The number of aliphatic hydroxyl groups is 1. The molecule has 0 fully saturated rings. The summed E-state index contributed by atoms with van der Waals surface area (Å²) in [6.07, 6.45) is 5.12. The lowest BCUT2D eigenvalue weighted by Crippen LogP contribution is -1.76. The highest BCUT2D eigenvalue weighted by Crippen LogP contribution is 2.04. The summed E-state index contributed by atoms with van der Waals surface area (Å²) in [4.78, 5) is 0. The highest BCUT2D eigenvalue weighted by Gasteiger charge is 1.84. The van der Waals surface area contributed by atoms with Gasteiger partial charge in [0.05, 0.1) is 0 Å². The predicted molar refractivity (Wildman–Crippen MR) is 128 cm³/mol. The van der Waals surface area contributed by atoms with Gasteiger partial charge in [0.25, 0.3) is 0 Å². The Morgan fingerprint density at radius 2 is 1.21 bits per heavy atom. The van der Waals surface area contributed by atoms with Crippen molar-refractivity contribution in [2.45, 2.75) is 20.6 Å².